The summed E-state index contributed by atoms with van der Waals surface area (Å²) in [6.07, 6.45) is 2.19. The van der Waals surface area contributed by atoms with E-state index in [9.17, 15) is 0 Å². The maximum Gasteiger partial charge on any atom is 0.0387 e. The molecule has 2 aromatic rings. The van der Waals surface area contributed by atoms with Gasteiger partial charge in [0.2, 0.25) is 0 Å². The van der Waals surface area contributed by atoms with Crippen molar-refractivity contribution in [1.82, 2.24) is 9.47 Å². The second kappa shape index (κ2) is 4.29. The standard InChI is InChI=1S/C16H20N2/c1-12-4-6-13(7-5-12)15-10-17(2)11-16-14(15)8-9-18(16)3/h4-9,15H,10-11H2,1-3H3. The van der Waals surface area contributed by atoms with Crippen molar-refractivity contribution in [2.75, 3.05) is 13.6 Å². The van der Waals surface area contributed by atoms with Crippen LogP contribution in [0.4, 0.5) is 0 Å². The Morgan fingerprint density at radius 2 is 1.78 bits per heavy atom. The third-order valence-corrected chi connectivity index (χ3v) is 4.01. The van der Waals surface area contributed by atoms with Crippen molar-refractivity contribution >= 4 is 0 Å². The lowest BCUT2D eigenvalue weighted by molar-refractivity contribution is 0.287. The Bertz CT molecular complexity index is 551. The minimum atomic E-state index is 0.514. The summed E-state index contributed by atoms with van der Waals surface area (Å²) in [5.41, 5.74) is 5.71. The molecule has 1 atom stereocenters. The van der Waals surface area contributed by atoms with Gasteiger partial charge in [0, 0.05) is 37.9 Å². The molecule has 0 N–H and O–H groups in total. The Morgan fingerprint density at radius 1 is 1.06 bits per heavy atom. The van der Waals surface area contributed by atoms with Crippen LogP contribution in [0.25, 0.3) is 0 Å². The van der Waals surface area contributed by atoms with E-state index in [1.54, 1.807) is 0 Å². The molecule has 2 heteroatoms. The van der Waals surface area contributed by atoms with Crippen molar-refractivity contribution in [3.63, 3.8) is 0 Å². The molecule has 0 fully saturated rings. The Kier molecular flexibility index (Phi) is 2.75. The lowest BCUT2D eigenvalue weighted by Crippen LogP contribution is -2.31. The lowest BCUT2D eigenvalue weighted by atomic mass is 9.88. The van der Waals surface area contributed by atoms with Crippen LogP contribution >= 0.6 is 0 Å². The van der Waals surface area contributed by atoms with Crippen LogP contribution in [0.2, 0.25) is 0 Å². The van der Waals surface area contributed by atoms with Gasteiger partial charge in [-0.05, 0) is 31.2 Å². The van der Waals surface area contributed by atoms with Crippen molar-refractivity contribution in [3.05, 3.63) is 58.9 Å². The van der Waals surface area contributed by atoms with Gasteiger partial charge in [0.1, 0.15) is 0 Å². The molecular formula is C16H20N2. The molecule has 0 amide bonds. The average molecular weight is 240 g/mol. The van der Waals surface area contributed by atoms with Gasteiger partial charge in [-0.1, -0.05) is 29.8 Å². The van der Waals surface area contributed by atoms with Crippen LogP contribution in [0.15, 0.2) is 36.5 Å². The highest BCUT2D eigenvalue weighted by atomic mass is 15.1. The van der Waals surface area contributed by atoms with E-state index in [1.165, 1.54) is 22.4 Å². The predicted molar refractivity (Wildman–Crippen MR) is 74.8 cm³/mol. The number of fused-ring (bicyclic) bond motifs is 1. The highest BCUT2D eigenvalue weighted by Gasteiger charge is 2.26. The number of benzene rings is 1. The first-order valence-corrected chi connectivity index (χ1v) is 6.54. The quantitative estimate of drug-likeness (QED) is 0.744. The number of likely N-dealkylation sites (N-methyl/N-ethyl adjacent to an activating group) is 1. The van der Waals surface area contributed by atoms with E-state index in [-0.39, 0.29) is 0 Å². The smallest absolute Gasteiger partial charge is 0.0387 e. The number of hydrogen-bond donors (Lipinski definition) is 0. The van der Waals surface area contributed by atoms with Gasteiger partial charge in [-0.2, -0.15) is 0 Å². The van der Waals surface area contributed by atoms with Crippen LogP contribution < -0.4 is 0 Å². The highest BCUT2D eigenvalue weighted by Crippen LogP contribution is 2.33. The van der Waals surface area contributed by atoms with E-state index in [4.69, 9.17) is 0 Å². The fourth-order valence-electron chi connectivity index (χ4n) is 2.92. The van der Waals surface area contributed by atoms with E-state index in [2.05, 4.69) is 67.0 Å². The third-order valence-electron chi connectivity index (χ3n) is 4.01. The molecule has 3 rings (SSSR count). The number of aryl methyl sites for hydroxylation is 2. The van der Waals surface area contributed by atoms with Crippen molar-refractivity contribution < 1.29 is 0 Å². The van der Waals surface area contributed by atoms with Gasteiger partial charge < -0.3 is 4.57 Å². The van der Waals surface area contributed by atoms with E-state index in [0.717, 1.165) is 13.1 Å². The summed E-state index contributed by atoms with van der Waals surface area (Å²) in [4.78, 5) is 2.41. The molecule has 2 heterocycles. The number of aromatic nitrogens is 1. The van der Waals surface area contributed by atoms with Crippen LogP contribution in [0.1, 0.15) is 28.3 Å². The molecule has 1 aliphatic rings. The van der Waals surface area contributed by atoms with Crippen molar-refractivity contribution in [1.29, 1.82) is 0 Å². The molecule has 0 aliphatic carbocycles. The van der Waals surface area contributed by atoms with E-state index < -0.39 is 0 Å². The van der Waals surface area contributed by atoms with Crippen LogP contribution in [0.3, 0.4) is 0 Å². The second-order valence-corrected chi connectivity index (χ2v) is 5.49. The van der Waals surface area contributed by atoms with Gasteiger partial charge >= 0.3 is 0 Å². The molecule has 18 heavy (non-hydrogen) atoms. The zero-order chi connectivity index (χ0) is 12.7. The fourth-order valence-corrected chi connectivity index (χ4v) is 2.92. The van der Waals surface area contributed by atoms with E-state index in [0.29, 0.717) is 5.92 Å². The maximum absolute atomic E-state index is 2.41. The summed E-state index contributed by atoms with van der Waals surface area (Å²) in [7, 11) is 4.35. The Balaban J connectivity index is 2.04. The molecule has 94 valence electrons. The molecule has 1 unspecified atom stereocenters. The van der Waals surface area contributed by atoms with Crippen molar-refractivity contribution in [2.45, 2.75) is 19.4 Å². The Labute approximate surface area is 109 Å². The van der Waals surface area contributed by atoms with Gasteiger partial charge in [0.25, 0.3) is 0 Å². The first kappa shape index (κ1) is 11.5. The highest BCUT2D eigenvalue weighted by molar-refractivity contribution is 5.39. The third kappa shape index (κ3) is 1.87. The summed E-state index contributed by atoms with van der Waals surface area (Å²) < 4.78 is 2.26. The summed E-state index contributed by atoms with van der Waals surface area (Å²) >= 11 is 0. The normalized spacial score (nSPS) is 19.8. The number of hydrogen-bond acceptors (Lipinski definition) is 1. The van der Waals surface area contributed by atoms with Gasteiger partial charge in [0.05, 0.1) is 0 Å². The average Bonchev–Trinajstić information content (AvgIpc) is 2.71. The summed E-state index contributed by atoms with van der Waals surface area (Å²) in [5, 5.41) is 0. The molecule has 0 saturated heterocycles. The molecular weight excluding hydrogens is 220 g/mol. The minimum Gasteiger partial charge on any atom is -0.353 e. The van der Waals surface area contributed by atoms with Gasteiger partial charge in [0.15, 0.2) is 0 Å². The Hall–Kier alpha value is -1.54. The Morgan fingerprint density at radius 3 is 2.50 bits per heavy atom. The minimum absolute atomic E-state index is 0.514. The van der Waals surface area contributed by atoms with Crippen LogP contribution in [0.5, 0.6) is 0 Å². The van der Waals surface area contributed by atoms with Crippen LogP contribution in [-0.4, -0.2) is 23.1 Å². The lowest BCUT2D eigenvalue weighted by Gasteiger charge is -2.31. The summed E-state index contributed by atoms with van der Waals surface area (Å²) in [6, 6.07) is 11.3. The van der Waals surface area contributed by atoms with Crippen LogP contribution in [-0.2, 0) is 13.6 Å². The molecule has 0 spiro atoms. The molecule has 0 radical (unpaired) electrons. The topological polar surface area (TPSA) is 8.17 Å². The van der Waals surface area contributed by atoms with Gasteiger partial charge in [-0.15, -0.1) is 0 Å². The first-order valence-electron chi connectivity index (χ1n) is 6.54. The SMILES string of the molecule is Cc1ccc(C2CN(C)Cc3c2ccn3C)cc1. The van der Waals surface area contributed by atoms with Crippen LogP contribution in [0, 0.1) is 6.92 Å². The van der Waals surface area contributed by atoms with Crippen molar-refractivity contribution in [3.8, 4) is 0 Å². The van der Waals surface area contributed by atoms with E-state index in [1.807, 2.05) is 0 Å². The summed E-state index contributed by atoms with van der Waals surface area (Å²) in [5.74, 6) is 0.514. The van der Waals surface area contributed by atoms with Gasteiger partial charge in [-0.25, -0.2) is 0 Å². The number of nitrogens with zero attached hydrogens (tertiary/aromatic N) is 2. The molecule has 0 saturated carbocycles. The van der Waals surface area contributed by atoms with E-state index >= 15 is 0 Å². The largest absolute Gasteiger partial charge is 0.353 e. The molecule has 2 nitrogen and oxygen atoms in total. The predicted octanol–water partition coefficient (Wildman–Crippen LogP) is 2.91. The summed E-state index contributed by atoms with van der Waals surface area (Å²) in [6.45, 7) is 4.31. The van der Waals surface area contributed by atoms with Crippen molar-refractivity contribution in [2.24, 2.45) is 7.05 Å². The molecule has 1 aliphatic heterocycles. The molecule has 1 aromatic carbocycles. The zero-order valence-electron chi connectivity index (χ0n) is 11.4. The second-order valence-electron chi connectivity index (χ2n) is 5.49. The number of rotatable bonds is 1. The van der Waals surface area contributed by atoms with Gasteiger partial charge in [-0.3, -0.25) is 4.90 Å². The fraction of sp³-hybridized carbons (Fsp3) is 0.375. The molecule has 1 aromatic heterocycles. The maximum atomic E-state index is 2.41. The first-order chi connectivity index (χ1) is 8.65. The monoisotopic (exact) mass is 240 g/mol. The zero-order valence-corrected chi connectivity index (χ0v) is 11.4. The molecule has 0 bridgehead atoms.